The standard InChI is InChI=1S/C21H20N2O5/c1-3-15-13-22(12-14-4-10-18(28-2)11-5-14)20(21(24)25)19(15)16-6-8-17(9-7-16)23(26)27/h4-11,13H,3,12H2,1-2H3,(H,24,25). The van der Waals surface area contributed by atoms with Gasteiger partial charge in [0.1, 0.15) is 11.4 Å². The van der Waals surface area contributed by atoms with Gasteiger partial charge in [0, 0.05) is 30.4 Å². The van der Waals surface area contributed by atoms with Crippen LogP contribution in [0, 0.1) is 10.1 Å². The maximum Gasteiger partial charge on any atom is 0.353 e. The first-order valence-electron chi connectivity index (χ1n) is 8.77. The van der Waals surface area contributed by atoms with E-state index < -0.39 is 10.9 Å². The number of aromatic carboxylic acids is 1. The van der Waals surface area contributed by atoms with Crippen molar-refractivity contribution in [3.8, 4) is 16.9 Å². The SMILES string of the molecule is CCc1cn(Cc2ccc(OC)cc2)c(C(=O)O)c1-c1ccc([N+](=O)[O-])cc1. The van der Waals surface area contributed by atoms with Crippen molar-refractivity contribution in [2.75, 3.05) is 7.11 Å². The topological polar surface area (TPSA) is 94.6 Å². The number of non-ortho nitro benzene ring substituents is 1. The second-order valence-corrected chi connectivity index (χ2v) is 6.32. The summed E-state index contributed by atoms with van der Waals surface area (Å²) in [6.07, 6.45) is 2.48. The van der Waals surface area contributed by atoms with Crippen LogP contribution in [0.25, 0.3) is 11.1 Å². The monoisotopic (exact) mass is 380 g/mol. The van der Waals surface area contributed by atoms with Crippen LogP contribution < -0.4 is 4.74 Å². The molecule has 3 rings (SSSR count). The Kier molecular flexibility index (Phi) is 5.44. The molecule has 3 aromatic rings. The minimum absolute atomic E-state index is 0.0312. The van der Waals surface area contributed by atoms with Crippen molar-refractivity contribution >= 4 is 11.7 Å². The zero-order valence-electron chi connectivity index (χ0n) is 15.6. The fourth-order valence-electron chi connectivity index (χ4n) is 3.24. The third kappa shape index (κ3) is 3.73. The van der Waals surface area contributed by atoms with E-state index in [0.717, 1.165) is 16.9 Å². The quantitative estimate of drug-likeness (QED) is 0.485. The van der Waals surface area contributed by atoms with Gasteiger partial charge in [-0.2, -0.15) is 0 Å². The summed E-state index contributed by atoms with van der Waals surface area (Å²) in [6.45, 7) is 2.35. The van der Waals surface area contributed by atoms with Gasteiger partial charge in [-0.1, -0.05) is 19.1 Å². The Labute approximate surface area is 162 Å². The van der Waals surface area contributed by atoms with Crippen molar-refractivity contribution in [1.29, 1.82) is 0 Å². The Bertz CT molecular complexity index is 1000. The highest BCUT2D eigenvalue weighted by Crippen LogP contribution is 2.32. The summed E-state index contributed by atoms with van der Waals surface area (Å²) >= 11 is 0. The van der Waals surface area contributed by atoms with Gasteiger partial charge in [-0.05, 0) is 47.4 Å². The summed E-state index contributed by atoms with van der Waals surface area (Å²) in [5.41, 5.74) is 3.19. The number of rotatable bonds is 7. The summed E-state index contributed by atoms with van der Waals surface area (Å²) < 4.78 is 6.87. The van der Waals surface area contributed by atoms with E-state index in [1.54, 1.807) is 23.8 Å². The predicted octanol–water partition coefficient (Wildman–Crippen LogP) is 4.38. The van der Waals surface area contributed by atoms with Gasteiger partial charge in [0.15, 0.2) is 0 Å². The van der Waals surface area contributed by atoms with Crippen LogP contribution in [-0.4, -0.2) is 27.7 Å². The molecule has 144 valence electrons. The molecule has 0 unspecified atom stereocenters. The minimum atomic E-state index is -1.04. The summed E-state index contributed by atoms with van der Waals surface area (Å²) in [5, 5.41) is 20.8. The van der Waals surface area contributed by atoms with Gasteiger partial charge < -0.3 is 14.4 Å². The van der Waals surface area contributed by atoms with Gasteiger partial charge in [-0.3, -0.25) is 10.1 Å². The normalized spacial score (nSPS) is 10.6. The van der Waals surface area contributed by atoms with Crippen molar-refractivity contribution in [1.82, 2.24) is 4.57 Å². The van der Waals surface area contributed by atoms with Crippen LogP contribution >= 0.6 is 0 Å². The average molecular weight is 380 g/mol. The summed E-state index contributed by atoms with van der Waals surface area (Å²) in [7, 11) is 1.59. The van der Waals surface area contributed by atoms with Crippen LogP contribution in [0.2, 0.25) is 0 Å². The molecule has 0 atom stereocenters. The van der Waals surface area contributed by atoms with E-state index in [9.17, 15) is 20.0 Å². The van der Waals surface area contributed by atoms with Crippen LogP contribution in [0.4, 0.5) is 5.69 Å². The molecule has 0 saturated heterocycles. The molecule has 28 heavy (non-hydrogen) atoms. The highest BCUT2D eigenvalue weighted by Gasteiger charge is 2.22. The number of nitrogens with zero attached hydrogens (tertiary/aromatic N) is 2. The van der Waals surface area contributed by atoms with Crippen LogP contribution in [0.3, 0.4) is 0 Å². The molecule has 0 aliphatic heterocycles. The number of nitro benzene ring substituents is 1. The third-order valence-electron chi connectivity index (χ3n) is 4.62. The fourth-order valence-corrected chi connectivity index (χ4v) is 3.24. The van der Waals surface area contributed by atoms with Crippen molar-refractivity contribution in [2.24, 2.45) is 0 Å². The fraction of sp³-hybridized carbons (Fsp3) is 0.190. The van der Waals surface area contributed by atoms with E-state index >= 15 is 0 Å². The maximum atomic E-state index is 12.1. The van der Waals surface area contributed by atoms with Gasteiger partial charge in [0.05, 0.1) is 12.0 Å². The highest BCUT2D eigenvalue weighted by molar-refractivity contribution is 5.96. The van der Waals surface area contributed by atoms with Gasteiger partial charge in [-0.15, -0.1) is 0 Å². The number of nitro groups is 1. The number of carbonyl (C=O) groups is 1. The first-order chi connectivity index (χ1) is 13.4. The summed E-state index contributed by atoms with van der Waals surface area (Å²) in [6, 6.07) is 13.4. The number of benzene rings is 2. The number of methoxy groups -OCH3 is 1. The molecule has 0 aliphatic carbocycles. The Morgan fingerprint density at radius 2 is 1.79 bits per heavy atom. The molecule has 2 aromatic carbocycles. The molecular formula is C21H20N2O5. The molecule has 0 amide bonds. The van der Waals surface area contributed by atoms with Gasteiger partial charge in [0.2, 0.25) is 0 Å². The Hall–Kier alpha value is -3.61. The van der Waals surface area contributed by atoms with E-state index in [0.29, 0.717) is 24.1 Å². The number of carboxylic acid groups (broad SMARTS) is 1. The lowest BCUT2D eigenvalue weighted by atomic mass is 10.00. The van der Waals surface area contributed by atoms with Crippen molar-refractivity contribution in [2.45, 2.75) is 19.9 Å². The molecule has 0 fully saturated rings. The zero-order valence-corrected chi connectivity index (χ0v) is 15.6. The summed E-state index contributed by atoms with van der Waals surface area (Å²) in [5.74, 6) is -0.308. The molecule has 0 spiro atoms. The van der Waals surface area contributed by atoms with Crippen molar-refractivity contribution in [3.63, 3.8) is 0 Å². The molecule has 0 aliphatic rings. The molecule has 0 bridgehead atoms. The van der Waals surface area contributed by atoms with Crippen molar-refractivity contribution < 1.29 is 19.6 Å². The summed E-state index contributed by atoms with van der Waals surface area (Å²) in [4.78, 5) is 22.5. The average Bonchev–Trinajstić information content (AvgIpc) is 3.07. The third-order valence-corrected chi connectivity index (χ3v) is 4.62. The zero-order chi connectivity index (χ0) is 20.3. The Morgan fingerprint density at radius 1 is 1.14 bits per heavy atom. The largest absolute Gasteiger partial charge is 0.497 e. The molecule has 0 saturated carbocycles. The second-order valence-electron chi connectivity index (χ2n) is 6.32. The van der Waals surface area contributed by atoms with E-state index in [-0.39, 0.29) is 11.4 Å². The number of aromatic nitrogens is 1. The predicted molar refractivity (Wildman–Crippen MR) is 105 cm³/mol. The highest BCUT2D eigenvalue weighted by atomic mass is 16.6. The van der Waals surface area contributed by atoms with Gasteiger partial charge in [0.25, 0.3) is 5.69 Å². The van der Waals surface area contributed by atoms with E-state index in [4.69, 9.17) is 4.74 Å². The molecule has 0 radical (unpaired) electrons. The number of hydrogen-bond acceptors (Lipinski definition) is 4. The Balaban J connectivity index is 2.06. The van der Waals surface area contributed by atoms with Crippen LogP contribution in [0.15, 0.2) is 54.7 Å². The number of ether oxygens (including phenoxy) is 1. The van der Waals surface area contributed by atoms with Gasteiger partial charge >= 0.3 is 5.97 Å². The second kappa shape index (κ2) is 7.96. The number of aryl methyl sites for hydroxylation is 1. The first kappa shape index (κ1) is 19.2. The Morgan fingerprint density at radius 3 is 2.29 bits per heavy atom. The molecule has 7 heteroatoms. The van der Waals surface area contributed by atoms with E-state index in [1.165, 1.54) is 12.1 Å². The van der Waals surface area contributed by atoms with Crippen LogP contribution in [-0.2, 0) is 13.0 Å². The number of carboxylic acids is 1. The lowest BCUT2D eigenvalue weighted by Crippen LogP contribution is -2.10. The van der Waals surface area contributed by atoms with E-state index in [2.05, 4.69) is 0 Å². The molecule has 1 N–H and O–H groups in total. The van der Waals surface area contributed by atoms with Gasteiger partial charge in [-0.25, -0.2) is 4.79 Å². The van der Waals surface area contributed by atoms with E-state index in [1.807, 2.05) is 37.4 Å². The van der Waals surface area contributed by atoms with Crippen LogP contribution in [0.1, 0.15) is 28.5 Å². The van der Waals surface area contributed by atoms with Crippen molar-refractivity contribution in [3.05, 3.63) is 81.7 Å². The molecule has 7 nitrogen and oxygen atoms in total. The lowest BCUT2D eigenvalue weighted by Gasteiger charge is -2.09. The first-order valence-corrected chi connectivity index (χ1v) is 8.77. The lowest BCUT2D eigenvalue weighted by molar-refractivity contribution is -0.384. The molecule has 1 heterocycles. The smallest absolute Gasteiger partial charge is 0.353 e. The minimum Gasteiger partial charge on any atom is -0.497 e. The molecule has 1 aromatic heterocycles. The number of hydrogen-bond donors (Lipinski definition) is 1. The van der Waals surface area contributed by atoms with Crippen LogP contribution in [0.5, 0.6) is 5.75 Å². The molecular weight excluding hydrogens is 360 g/mol. The maximum absolute atomic E-state index is 12.1.